The normalized spacial score (nSPS) is 13.2. The summed E-state index contributed by atoms with van der Waals surface area (Å²) < 4.78 is 5.46. The number of nitrogens with zero attached hydrogens (tertiary/aromatic N) is 1. The molecule has 0 unspecified atom stereocenters. The number of hydrogen-bond acceptors (Lipinski definition) is 3. The molecular formula is C12H13N3O. The molecule has 4 heteroatoms. The Kier molecular flexibility index (Phi) is 2.25. The van der Waals surface area contributed by atoms with Crippen molar-refractivity contribution in [3.63, 3.8) is 0 Å². The molecule has 0 amide bonds. The van der Waals surface area contributed by atoms with Gasteiger partial charge in [0.05, 0.1) is 13.2 Å². The third kappa shape index (κ3) is 1.74. The quantitative estimate of drug-likeness (QED) is 0.822. The third-order valence-electron chi connectivity index (χ3n) is 2.70. The van der Waals surface area contributed by atoms with Gasteiger partial charge in [-0.2, -0.15) is 0 Å². The van der Waals surface area contributed by atoms with Crippen LogP contribution in [0.3, 0.4) is 0 Å². The largest absolute Gasteiger partial charge is 0.493 e. The van der Waals surface area contributed by atoms with E-state index in [1.54, 1.807) is 6.20 Å². The van der Waals surface area contributed by atoms with Gasteiger partial charge in [0.15, 0.2) is 0 Å². The van der Waals surface area contributed by atoms with E-state index in [4.69, 9.17) is 4.74 Å². The highest BCUT2D eigenvalue weighted by atomic mass is 16.5. The highest BCUT2D eigenvalue weighted by Crippen LogP contribution is 2.27. The zero-order chi connectivity index (χ0) is 10.8. The van der Waals surface area contributed by atoms with Gasteiger partial charge in [-0.15, -0.1) is 0 Å². The number of nitrogens with one attached hydrogen (secondary N) is 2. The molecule has 0 bridgehead atoms. The minimum atomic E-state index is 0.715. The predicted molar refractivity (Wildman–Crippen MR) is 61.6 cm³/mol. The van der Waals surface area contributed by atoms with E-state index in [0.29, 0.717) is 6.54 Å². The second-order valence-electron chi connectivity index (χ2n) is 3.81. The van der Waals surface area contributed by atoms with Crippen LogP contribution in [-0.4, -0.2) is 16.6 Å². The number of aromatic nitrogens is 2. The van der Waals surface area contributed by atoms with Gasteiger partial charge in [0.1, 0.15) is 11.6 Å². The number of ether oxygens (including phenoxy) is 1. The summed E-state index contributed by atoms with van der Waals surface area (Å²) in [5, 5.41) is 3.33. The first-order chi connectivity index (χ1) is 7.92. The summed E-state index contributed by atoms with van der Waals surface area (Å²) in [7, 11) is 0. The van der Waals surface area contributed by atoms with Crippen LogP contribution in [0, 0.1) is 0 Å². The lowest BCUT2D eigenvalue weighted by molar-refractivity contribution is 0.357. The molecule has 1 aromatic carbocycles. The maximum Gasteiger partial charge on any atom is 0.125 e. The molecule has 0 spiro atoms. The predicted octanol–water partition coefficient (Wildman–Crippen LogP) is 1.96. The lowest BCUT2D eigenvalue weighted by Crippen LogP contribution is -2.01. The number of anilines is 1. The fraction of sp³-hybridized carbons (Fsp3) is 0.250. The number of rotatable bonds is 3. The average molecular weight is 215 g/mol. The molecule has 2 aromatic rings. The third-order valence-corrected chi connectivity index (χ3v) is 2.70. The first-order valence-electron chi connectivity index (χ1n) is 5.40. The summed E-state index contributed by atoms with van der Waals surface area (Å²) in [6.07, 6.45) is 4.59. The summed E-state index contributed by atoms with van der Waals surface area (Å²) in [6.45, 7) is 1.52. The van der Waals surface area contributed by atoms with E-state index in [1.165, 1.54) is 5.56 Å². The Morgan fingerprint density at radius 2 is 2.44 bits per heavy atom. The van der Waals surface area contributed by atoms with Crippen LogP contribution < -0.4 is 10.1 Å². The number of imidazole rings is 1. The van der Waals surface area contributed by atoms with Crippen molar-refractivity contribution in [3.8, 4) is 5.75 Å². The smallest absolute Gasteiger partial charge is 0.125 e. The van der Waals surface area contributed by atoms with Crippen LogP contribution in [0.4, 0.5) is 5.69 Å². The van der Waals surface area contributed by atoms with Crippen LogP contribution in [0.2, 0.25) is 0 Å². The molecule has 3 rings (SSSR count). The van der Waals surface area contributed by atoms with E-state index >= 15 is 0 Å². The summed E-state index contributed by atoms with van der Waals surface area (Å²) in [6, 6.07) is 6.20. The molecule has 16 heavy (non-hydrogen) atoms. The van der Waals surface area contributed by atoms with Crippen molar-refractivity contribution >= 4 is 5.69 Å². The molecule has 0 atom stereocenters. The highest BCUT2D eigenvalue weighted by molar-refractivity contribution is 5.52. The van der Waals surface area contributed by atoms with Gasteiger partial charge < -0.3 is 15.0 Å². The molecule has 0 aliphatic carbocycles. The number of aromatic amines is 1. The first kappa shape index (κ1) is 9.27. The van der Waals surface area contributed by atoms with Gasteiger partial charge in [-0.25, -0.2) is 4.98 Å². The fourth-order valence-corrected chi connectivity index (χ4v) is 1.88. The Bertz CT molecular complexity index is 479. The maximum atomic E-state index is 5.46. The highest BCUT2D eigenvalue weighted by Gasteiger charge is 2.11. The Balaban J connectivity index is 1.71. The van der Waals surface area contributed by atoms with Gasteiger partial charge in [0.2, 0.25) is 0 Å². The summed E-state index contributed by atoms with van der Waals surface area (Å²) in [5.74, 6) is 1.96. The Morgan fingerprint density at radius 3 is 3.31 bits per heavy atom. The van der Waals surface area contributed by atoms with Crippen molar-refractivity contribution in [2.45, 2.75) is 13.0 Å². The van der Waals surface area contributed by atoms with E-state index in [1.807, 2.05) is 18.3 Å². The topological polar surface area (TPSA) is 49.9 Å². The van der Waals surface area contributed by atoms with Crippen molar-refractivity contribution in [3.05, 3.63) is 42.0 Å². The second kappa shape index (κ2) is 3.89. The molecule has 1 aliphatic heterocycles. The van der Waals surface area contributed by atoms with E-state index in [0.717, 1.165) is 30.3 Å². The van der Waals surface area contributed by atoms with Crippen molar-refractivity contribution in [1.29, 1.82) is 0 Å². The number of hydrogen-bond donors (Lipinski definition) is 2. The number of fused-ring (bicyclic) bond motifs is 1. The van der Waals surface area contributed by atoms with E-state index in [2.05, 4.69) is 21.4 Å². The lowest BCUT2D eigenvalue weighted by atomic mass is 10.1. The maximum absolute atomic E-state index is 5.46. The average Bonchev–Trinajstić information content (AvgIpc) is 2.97. The van der Waals surface area contributed by atoms with Crippen LogP contribution in [-0.2, 0) is 13.0 Å². The summed E-state index contributed by atoms with van der Waals surface area (Å²) in [4.78, 5) is 7.22. The van der Waals surface area contributed by atoms with E-state index < -0.39 is 0 Å². The van der Waals surface area contributed by atoms with E-state index in [9.17, 15) is 0 Å². The van der Waals surface area contributed by atoms with Gasteiger partial charge >= 0.3 is 0 Å². The van der Waals surface area contributed by atoms with Crippen LogP contribution in [0.25, 0.3) is 0 Å². The summed E-state index contributed by atoms with van der Waals surface area (Å²) in [5.41, 5.74) is 2.39. The molecule has 1 aromatic heterocycles. The zero-order valence-corrected chi connectivity index (χ0v) is 8.86. The van der Waals surface area contributed by atoms with E-state index in [-0.39, 0.29) is 0 Å². The molecule has 2 heterocycles. The molecule has 1 aliphatic rings. The standard InChI is InChI=1S/C12H13N3O/c1-2-11-9(3-6-16-11)7-10(1)15-8-12-13-4-5-14-12/h1-2,4-5,7,15H,3,6,8H2,(H,13,14). The van der Waals surface area contributed by atoms with Gasteiger partial charge in [-0.1, -0.05) is 0 Å². The molecule has 0 radical (unpaired) electrons. The molecule has 0 saturated carbocycles. The molecule has 82 valence electrons. The van der Waals surface area contributed by atoms with Gasteiger partial charge in [0.25, 0.3) is 0 Å². The van der Waals surface area contributed by atoms with Crippen molar-refractivity contribution in [2.75, 3.05) is 11.9 Å². The van der Waals surface area contributed by atoms with Gasteiger partial charge in [-0.3, -0.25) is 0 Å². The van der Waals surface area contributed by atoms with Crippen molar-refractivity contribution in [1.82, 2.24) is 9.97 Å². The first-order valence-corrected chi connectivity index (χ1v) is 5.40. The number of benzene rings is 1. The van der Waals surface area contributed by atoms with Crippen molar-refractivity contribution in [2.24, 2.45) is 0 Å². The molecular weight excluding hydrogens is 202 g/mol. The molecule has 2 N–H and O–H groups in total. The zero-order valence-electron chi connectivity index (χ0n) is 8.86. The SMILES string of the molecule is c1c[nH]c(CNc2ccc3c(c2)CCO3)n1. The Morgan fingerprint density at radius 1 is 1.44 bits per heavy atom. The Hall–Kier alpha value is -1.97. The second-order valence-corrected chi connectivity index (χ2v) is 3.81. The lowest BCUT2D eigenvalue weighted by Gasteiger charge is -2.06. The van der Waals surface area contributed by atoms with Crippen LogP contribution in [0.5, 0.6) is 5.75 Å². The van der Waals surface area contributed by atoms with Crippen LogP contribution in [0.1, 0.15) is 11.4 Å². The minimum Gasteiger partial charge on any atom is -0.493 e. The van der Waals surface area contributed by atoms with Crippen molar-refractivity contribution < 1.29 is 4.74 Å². The molecule has 4 nitrogen and oxygen atoms in total. The summed E-state index contributed by atoms with van der Waals surface area (Å²) >= 11 is 0. The minimum absolute atomic E-state index is 0.715. The molecule has 0 fully saturated rings. The van der Waals surface area contributed by atoms with Crippen LogP contribution >= 0.6 is 0 Å². The fourth-order valence-electron chi connectivity index (χ4n) is 1.88. The molecule has 0 saturated heterocycles. The number of H-pyrrole nitrogens is 1. The monoisotopic (exact) mass is 215 g/mol. The Labute approximate surface area is 93.7 Å². The van der Waals surface area contributed by atoms with Gasteiger partial charge in [-0.05, 0) is 23.8 Å². The van der Waals surface area contributed by atoms with Gasteiger partial charge in [0, 0.05) is 24.5 Å². The van der Waals surface area contributed by atoms with Crippen LogP contribution in [0.15, 0.2) is 30.6 Å².